The molecule has 0 aromatic carbocycles. The molecule has 0 bridgehead atoms. The molecule has 0 heterocycles. The molecule has 1 rings (SSSR count). The smallest absolute Gasteiger partial charge is 0.0533 e. The molecule has 0 amide bonds. The molecule has 0 atom stereocenters. The quantitative estimate of drug-likeness (QED) is 0.305. The number of hydrogen-bond donors (Lipinski definition) is 0. The van der Waals surface area contributed by atoms with Gasteiger partial charge in [0.2, 0.25) is 0 Å². The van der Waals surface area contributed by atoms with Crippen molar-refractivity contribution in [3.8, 4) is 0 Å². The van der Waals surface area contributed by atoms with E-state index in [1.165, 1.54) is 62.6 Å². The van der Waals surface area contributed by atoms with E-state index in [9.17, 15) is 0 Å². The number of carbonyl (C=O) groups excluding carboxylic acids is 1. The fourth-order valence-corrected chi connectivity index (χ4v) is 1.83. The van der Waals surface area contributed by atoms with Gasteiger partial charge in [-0.1, -0.05) is 64.7 Å². The zero-order valence-corrected chi connectivity index (χ0v) is 14.2. The van der Waals surface area contributed by atoms with Crippen LogP contribution < -0.4 is 0 Å². The first-order valence-corrected chi connectivity index (χ1v) is 8.41. The SMILES string of the molecule is O=[C]=[Mn].[C-]1=CC=CC1.[CH2-]CCCCCCCCCCC. The van der Waals surface area contributed by atoms with E-state index in [-0.39, 0.29) is 0 Å². The Balaban J connectivity index is 0. The maximum Gasteiger partial charge on any atom is -0.0533 e. The first kappa shape index (κ1) is 21.9. The van der Waals surface area contributed by atoms with Gasteiger partial charge in [0.05, 0.1) is 0 Å². The second-order valence-electron chi connectivity index (χ2n) is 4.76. The largest absolute Gasteiger partial charge is 0.343 e. The fourth-order valence-electron chi connectivity index (χ4n) is 1.83. The third-order valence-electron chi connectivity index (χ3n) is 2.94. The summed E-state index contributed by atoms with van der Waals surface area (Å²) in [6.45, 7) is 6.12. The van der Waals surface area contributed by atoms with Gasteiger partial charge in [-0.3, -0.25) is 6.08 Å². The molecule has 0 aromatic heterocycles. The average Bonchev–Trinajstić information content (AvgIpc) is 3.02. The van der Waals surface area contributed by atoms with Crippen LogP contribution in [0, 0.1) is 13.0 Å². The first-order chi connectivity index (χ1) is 9.83. The van der Waals surface area contributed by atoms with Gasteiger partial charge in [0.1, 0.15) is 0 Å². The summed E-state index contributed by atoms with van der Waals surface area (Å²) in [7, 11) is 0. The summed E-state index contributed by atoms with van der Waals surface area (Å²) >= 11 is 2.34. The van der Waals surface area contributed by atoms with Gasteiger partial charge in [0.15, 0.2) is 0 Å². The molecule has 0 saturated heterocycles. The maximum absolute atomic E-state index is 8.60. The molecule has 0 unspecified atom stereocenters. The number of allylic oxidation sites excluding steroid dienone is 4. The van der Waals surface area contributed by atoms with Crippen molar-refractivity contribution in [2.24, 2.45) is 0 Å². The van der Waals surface area contributed by atoms with Crippen LogP contribution in [0.2, 0.25) is 0 Å². The minimum atomic E-state index is 1.01. The average molecular weight is 317 g/mol. The van der Waals surface area contributed by atoms with Gasteiger partial charge in [-0.15, -0.1) is 6.42 Å². The Morgan fingerprint density at radius 3 is 1.90 bits per heavy atom. The summed E-state index contributed by atoms with van der Waals surface area (Å²) < 4.78 is 0. The molecule has 1 nitrogen and oxygen atoms in total. The van der Waals surface area contributed by atoms with Crippen molar-refractivity contribution in [2.75, 3.05) is 0 Å². The van der Waals surface area contributed by atoms with Crippen LogP contribution in [0.3, 0.4) is 0 Å². The molecule has 0 aromatic rings. The van der Waals surface area contributed by atoms with Crippen LogP contribution in [-0.4, -0.2) is 4.79 Å². The molecular formula is C18H30MnO-2. The molecule has 1 aliphatic carbocycles. The number of hydrogen-bond acceptors (Lipinski definition) is 1. The molecule has 1 aliphatic rings. The summed E-state index contributed by atoms with van der Waals surface area (Å²) in [4.78, 5) is 9.91. The summed E-state index contributed by atoms with van der Waals surface area (Å²) in [5.41, 5.74) is 0. The Morgan fingerprint density at radius 2 is 1.60 bits per heavy atom. The predicted molar refractivity (Wildman–Crippen MR) is 84.5 cm³/mol. The molecule has 2 heteroatoms. The van der Waals surface area contributed by atoms with Crippen molar-refractivity contribution >= 4 is 4.79 Å². The Bertz CT molecular complexity index is 230. The summed E-state index contributed by atoms with van der Waals surface area (Å²) in [5.74, 6) is 0. The summed E-state index contributed by atoms with van der Waals surface area (Å²) in [6, 6.07) is 0. The van der Waals surface area contributed by atoms with Crippen LogP contribution in [0.5, 0.6) is 0 Å². The second kappa shape index (κ2) is 23.7. The zero-order valence-electron chi connectivity index (χ0n) is 13.0. The molecule has 117 valence electrons. The van der Waals surface area contributed by atoms with E-state index in [2.05, 4.69) is 41.6 Å². The van der Waals surface area contributed by atoms with E-state index in [4.69, 9.17) is 4.79 Å². The molecule has 0 fully saturated rings. The second-order valence-corrected chi connectivity index (χ2v) is 5.00. The van der Waals surface area contributed by atoms with Crippen molar-refractivity contribution in [3.63, 3.8) is 0 Å². The van der Waals surface area contributed by atoms with Gasteiger partial charge in [0, 0.05) is 0 Å². The van der Waals surface area contributed by atoms with Gasteiger partial charge in [-0.25, -0.2) is 12.2 Å². The summed E-state index contributed by atoms with van der Waals surface area (Å²) in [5, 5.41) is 0. The minimum absolute atomic E-state index is 1.01. The van der Waals surface area contributed by atoms with E-state index >= 15 is 0 Å². The van der Waals surface area contributed by atoms with Crippen LogP contribution in [0.15, 0.2) is 18.2 Å². The van der Waals surface area contributed by atoms with Crippen LogP contribution in [-0.2, 0) is 20.4 Å². The topological polar surface area (TPSA) is 17.1 Å². The van der Waals surface area contributed by atoms with Crippen molar-refractivity contribution < 1.29 is 20.4 Å². The Labute approximate surface area is 134 Å². The summed E-state index contributed by atoms with van der Waals surface area (Å²) in [6.07, 6.45) is 23.9. The van der Waals surface area contributed by atoms with Crippen LogP contribution in [0.1, 0.15) is 77.6 Å². The van der Waals surface area contributed by atoms with E-state index < -0.39 is 0 Å². The van der Waals surface area contributed by atoms with E-state index in [1.807, 2.05) is 12.2 Å². The number of unbranched alkanes of at least 4 members (excludes halogenated alkanes) is 9. The van der Waals surface area contributed by atoms with Gasteiger partial charge in [0.25, 0.3) is 0 Å². The Hall–Kier alpha value is -0.421. The fraction of sp³-hybridized carbons (Fsp3) is 0.667. The molecular weight excluding hydrogens is 287 g/mol. The molecule has 0 saturated carbocycles. The third kappa shape index (κ3) is 26.2. The van der Waals surface area contributed by atoms with E-state index in [1.54, 1.807) is 0 Å². The van der Waals surface area contributed by atoms with Crippen molar-refractivity contribution in [2.45, 2.75) is 77.6 Å². The van der Waals surface area contributed by atoms with Gasteiger partial charge in [-0.2, -0.15) is 12.5 Å². The third-order valence-corrected chi connectivity index (χ3v) is 2.94. The normalized spacial score (nSPS) is 11.1. The minimum Gasteiger partial charge on any atom is -0.343 e. The van der Waals surface area contributed by atoms with Crippen LogP contribution >= 0.6 is 0 Å². The van der Waals surface area contributed by atoms with Crippen molar-refractivity contribution in [1.82, 2.24) is 0 Å². The molecule has 0 N–H and O–H groups in total. The molecule has 0 radical (unpaired) electrons. The van der Waals surface area contributed by atoms with Crippen molar-refractivity contribution in [3.05, 3.63) is 31.2 Å². The monoisotopic (exact) mass is 317 g/mol. The predicted octanol–water partition coefficient (Wildman–Crippen LogP) is 5.65. The molecule has 0 spiro atoms. The van der Waals surface area contributed by atoms with Gasteiger partial charge < -0.3 is 6.92 Å². The molecule has 0 aliphatic heterocycles. The van der Waals surface area contributed by atoms with Gasteiger partial charge >= 0.3 is 25.2 Å². The Kier molecular flexibility index (Phi) is 25.9. The maximum atomic E-state index is 8.60. The standard InChI is InChI=1S/C12H25.C5H5.CO.Mn/c1-3-5-7-9-11-12-10-8-6-4-2;1-2-4-5-3-1;1-2;/h1,3-12H2,2H3;1-3H,4H2;;/q2*-1;;. The molecule has 20 heavy (non-hydrogen) atoms. The first-order valence-electron chi connectivity index (χ1n) is 7.82. The van der Waals surface area contributed by atoms with Crippen molar-refractivity contribution in [1.29, 1.82) is 0 Å². The zero-order chi connectivity index (χ0) is 15.3. The van der Waals surface area contributed by atoms with Crippen LogP contribution in [0.25, 0.3) is 0 Å². The number of rotatable bonds is 9. The van der Waals surface area contributed by atoms with E-state index in [0.29, 0.717) is 0 Å². The van der Waals surface area contributed by atoms with Gasteiger partial charge in [-0.05, 0) is 0 Å². The Morgan fingerprint density at radius 1 is 1.10 bits per heavy atom. The van der Waals surface area contributed by atoms with E-state index in [0.717, 1.165) is 12.8 Å². The van der Waals surface area contributed by atoms with Crippen LogP contribution in [0.4, 0.5) is 0 Å².